The molecule has 0 radical (unpaired) electrons. The topological polar surface area (TPSA) is 95.5 Å². The van der Waals surface area contributed by atoms with Crippen molar-refractivity contribution in [1.82, 2.24) is 29.6 Å². The Balaban J connectivity index is 1.73. The number of benzene rings is 1. The van der Waals surface area contributed by atoms with Crippen LogP contribution in [-0.4, -0.2) is 43.7 Å². The van der Waals surface area contributed by atoms with Gasteiger partial charge < -0.3 is 10.2 Å². The van der Waals surface area contributed by atoms with Crippen LogP contribution in [-0.2, 0) is 6.54 Å². The lowest BCUT2D eigenvalue weighted by atomic mass is 10.2. The number of nitrogens with zero attached hydrogens (tertiary/aromatic N) is 7. The number of halogens is 2. The summed E-state index contributed by atoms with van der Waals surface area (Å²) >= 11 is 12.7. The summed E-state index contributed by atoms with van der Waals surface area (Å²) in [6.45, 7) is 0.697. The minimum Gasteiger partial charge on any atom is -0.324 e. The Morgan fingerprint density at radius 3 is 2.60 bits per heavy atom. The summed E-state index contributed by atoms with van der Waals surface area (Å²) < 4.78 is 1.58. The van der Waals surface area contributed by atoms with E-state index in [4.69, 9.17) is 28.5 Å². The highest BCUT2D eigenvalue weighted by Crippen LogP contribution is 2.32. The zero-order chi connectivity index (χ0) is 21.3. The molecule has 4 aromatic rings. The van der Waals surface area contributed by atoms with Gasteiger partial charge in [0.05, 0.1) is 38.3 Å². The van der Waals surface area contributed by atoms with E-state index in [1.165, 1.54) is 6.33 Å². The lowest BCUT2D eigenvalue weighted by Gasteiger charge is -2.10. The molecule has 3 heterocycles. The third-order valence-electron chi connectivity index (χ3n) is 4.26. The second kappa shape index (κ2) is 8.24. The number of rotatable bonds is 5. The Kier molecular flexibility index (Phi) is 5.50. The van der Waals surface area contributed by atoms with E-state index < -0.39 is 0 Å². The van der Waals surface area contributed by atoms with Crippen molar-refractivity contribution in [2.75, 3.05) is 19.4 Å². The maximum absolute atomic E-state index is 9.09. The molecule has 0 atom stereocenters. The Bertz CT molecular complexity index is 1250. The molecule has 0 aliphatic rings. The molecular formula is C20H16Cl2N8. The van der Waals surface area contributed by atoms with Crippen LogP contribution in [0.15, 0.2) is 43.0 Å². The quantitative estimate of drug-likeness (QED) is 0.498. The first-order chi connectivity index (χ1) is 14.4. The predicted octanol–water partition coefficient (Wildman–Crippen LogP) is 4.19. The van der Waals surface area contributed by atoms with E-state index in [-0.39, 0.29) is 0 Å². The molecule has 0 amide bonds. The second-order valence-corrected chi connectivity index (χ2v) is 7.64. The largest absolute Gasteiger partial charge is 0.324 e. The van der Waals surface area contributed by atoms with E-state index in [0.29, 0.717) is 45.0 Å². The summed E-state index contributed by atoms with van der Waals surface area (Å²) in [5.74, 6) is 1.22. The molecule has 30 heavy (non-hydrogen) atoms. The van der Waals surface area contributed by atoms with Crippen LogP contribution in [0.2, 0.25) is 10.0 Å². The number of aromatic nitrogens is 5. The molecule has 0 unspecified atom stereocenters. The van der Waals surface area contributed by atoms with E-state index in [2.05, 4.69) is 25.4 Å². The minimum atomic E-state index is 0.332. The summed E-state index contributed by atoms with van der Waals surface area (Å²) in [7, 11) is 3.95. The molecule has 8 nitrogen and oxygen atoms in total. The molecule has 1 aromatic carbocycles. The fourth-order valence-electron chi connectivity index (χ4n) is 3.01. The highest BCUT2D eigenvalue weighted by molar-refractivity contribution is 6.38. The van der Waals surface area contributed by atoms with Gasteiger partial charge in [-0.2, -0.15) is 10.4 Å². The highest BCUT2D eigenvalue weighted by Gasteiger charge is 2.15. The average Bonchev–Trinajstić information content (AvgIpc) is 3.12. The molecule has 10 heteroatoms. The van der Waals surface area contributed by atoms with Crippen LogP contribution in [0.5, 0.6) is 0 Å². The Hall–Kier alpha value is -3.25. The second-order valence-electron chi connectivity index (χ2n) is 6.82. The van der Waals surface area contributed by atoms with Crippen LogP contribution in [0.25, 0.3) is 16.6 Å². The Labute approximate surface area is 182 Å². The zero-order valence-electron chi connectivity index (χ0n) is 16.1. The van der Waals surface area contributed by atoms with Gasteiger partial charge >= 0.3 is 0 Å². The smallest absolute Gasteiger partial charge is 0.142 e. The Morgan fingerprint density at radius 1 is 1.13 bits per heavy atom. The molecule has 0 aliphatic heterocycles. The van der Waals surface area contributed by atoms with E-state index in [9.17, 15) is 0 Å². The summed E-state index contributed by atoms with van der Waals surface area (Å²) in [5, 5.41) is 18.3. The van der Waals surface area contributed by atoms with E-state index in [1.54, 1.807) is 35.3 Å². The van der Waals surface area contributed by atoms with Crippen molar-refractivity contribution in [2.24, 2.45) is 0 Å². The van der Waals surface area contributed by atoms with Crippen molar-refractivity contribution in [3.8, 4) is 11.8 Å². The van der Waals surface area contributed by atoms with Gasteiger partial charge in [0.2, 0.25) is 0 Å². The standard InChI is InChI=1S/C20H16Cl2N8/c1-29(2)9-13-7-18(26-11-25-13)27-20-14-10-30(28-17(14)3-4-24-20)19-15(21)5-12(8-23)6-16(19)22/h3-7,10-11H,9H2,1-2H3,(H,24,25,26,27). The first kappa shape index (κ1) is 20.0. The predicted molar refractivity (Wildman–Crippen MR) is 116 cm³/mol. The van der Waals surface area contributed by atoms with Gasteiger partial charge in [0.25, 0.3) is 0 Å². The van der Waals surface area contributed by atoms with Crippen molar-refractivity contribution >= 4 is 45.7 Å². The third kappa shape index (κ3) is 4.04. The molecule has 1 N–H and O–H groups in total. The molecule has 0 spiro atoms. The van der Waals surface area contributed by atoms with Crippen LogP contribution >= 0.6 is 23.2 Å². The number of hydrogen-bond donors (Lipinski definition) is 1. The van der Waals surface area contributed by atoms with Crippen molar-refractivity contribution in [1.29, 1.82) is 5.26 Å². The molecule has 4 rings (SSSR count). The average molecular weight is 439 g/mol. The van der Waals surface area contributed by atoms with Gasteiger partial charge in [-0.25, -0.2) is 19.6 Å². The summed E-state index contributed by atoms with van der Waals surface area (Å²) in [6, 6.07) is 8.81. The number of hydrogen-bond acceptors (Lipinski definition) is 7. The lowest BCUT2D eigenvalue weighted by Crippen LogP contribution is -2.12. The first-order valence-electron chi connectivity index (χ1n) is 8.91. The highest BCUT2D eigenvalue weighted by atomic mass is 35.5. The number of nitriles is 1. The van der Waals surface area contributed by atoms with Crippen LogP contribution in [0.3, 0.4) is 0 Å². The van der Waals surface area contributed by atoms with Gasteiger partial charge in [0.1, 0.15) is 23.7 Å². The number of anilines is 2. The van der Waals surface area contributed by atoms with E-state index in [0.717, 1.165) is 11.1 Å². The van der Waals surface area contributed by atoms with Crippen LogP contribution in [0.4, 0.5) is 11.6 Å². The SMILES string of the molecule is CN(C)Cc1cc(Nc2nccc3nn(-c4c(Cl)cc(C#N)cc4Cl)cc23)ncn1. The molecule has 150 valence electrons. The molecule has 0 bridgehead atoms. The maximum Gasteiger partial charge on any atom is 0.142 e. The number of fused-ring (bicyclic) bond motifs is 1. The molecule has 0 saturated heterocycles. The van der Waals surface area contributed by atoms with Crippen LogP contribution in [0.1, 0.15) is 11.3 Å². The van der Waals surface area contributed by atoms with Crippen LogP contribution in [0, 0.1) is 11.3 Å². The minimum absolute atomic E-state index is 0.332. The summed E-state index contributed by atoms with van der Waals surface area (Å²) in [6.07, 6.45) is 4.96. The van der Waals surface area contributed by atoms with Gasteiger partial charge in [0, 0.05) is 25.0 Å². The maximum atomic E-state index is 9.09. The van der Waals surface area contributed by atoms with E-state index >= 15 is 0 Å². The van der Waals surface area contributed by atoms with Crippen molar-refractivity contribution in [2.45, 2.75) is 6.54 Å². The van der Waals surface area contributed by atoms with Gasteiger partial charge in [-0.3, -0.25) is 0 Å². The van der Waals surface area contributed by atoms with Crippen molar-refractivity contribution in [3.63, 3.8) is 0 Å². The number of nitrogens with one attached hydrogen (secondary N) is 1. The van der Waals surface area contributed by atoms with Crippen molar-refractivity contribution < 1.29 is 0 Å². The van der Waals surface area contributed by atoms with Crippen molar-refractivity contribution in [3.05, 3.63) is 64.3 Å². The molecule has 3 aromatic heterocycles. The van der Waals surface area contributed by atoms with Crippen LogP contribution < -0.4 is 5.32 Å². The molecular weight excluding hydrogens is 423 g/mol. The van der Waals surface area contributed by atoms with Gasteiger partial charge in [-0.1, -0.05) is 23.2 Å². The number of pyridine rings is 1. The molecule has 0 fully saturated rings. The third-order valence-corrected chi connectivity index (χ3v) is 4.83. The van der Waals surface area contributed by atoms with Gasteiger partial charge in [0.15, 0.2) is 0 Å². The fourth-order valence-corrected chi connectivity index (χ4v) is 3.67. The van der Waals surface area contributed by atoms with Gasteiger partial charge in [-0.05, 0) is 32.3 Å². The lowest BCUT2D eigenvalue weighted by molar-refractivity contribution is 0.396. The molecule has 0 aliphatic carbocycles. The van der Waals surface area contributed by atoms with Gasteiger partial charge in [-0.15, -0.1) is 0 Å². The fraction of sp³-hybridized carbons (Fsp3) is 0.150. The zero-order valence-corrected chi connectivity index (χ0v) is 17.6. The normalized spacial score (nSPS) is 11.1. The first-order valence-corrected chi connectivity index (χ1v) is 9.67. The Morgan fingerprint density at radius 2 is 1.90 bits per heavy atom. The summed E-state index contributed by atoms with van der Waals surface area (Å²) in [5.41, 5.74) is 2.46. The summed E-state index contributed by atoms with van der Waals surface area (Å²) in [4.78, 5) is 15.0. The molecule has 0 saturated carbocycles. The van der Waals surface area contributed by atoms with E-state index in [1.807, 2.05) is 31.1 Å². The monoisotopic (exact) mass is 438 g/mol.